The van der Waals surface area contributed by atoms with Crippen molar-refractivity contribution < 1.29 is 9.50 Å². The SMILES string of the molecule is CC1(O)CCN(c2cccc(F)n2)CC1. The zero-order chi connectivity index (χ0) is 10.9. The Morgan fingerprint density at radius 3 is 2.67 bits per heavy atom. The van der Waals surface area contributed by atoms with Crippen molar-refractivity contribution in [3.8, 4) is 0 Å². The van der Waals surface area contributed by atoms with Gasteiger partial charge in [-0.2, -0.15) is 4.39 Å². The number of hydrogen-bond acceptors (Lipinski definition) is 3. The van der Waals surface area contributed by atoms with Gasteiger partial charge in [0.15, 0.2) is 0 Å². The summed E-state index contributed by atoms with van der Waals surface area (Å²) in [4.78, 5) is 5.82. The molecule has 3 nitrogen and oxygen atoms in total. The topological polar surface area (TPSA) is 36.4 Å². The molecule has 0 radical (unpaired) electrons. The first-order valence-corrected chi connectivity index (χ1v) is 5.17. The fourth-order valence-electron chi connectivity index (χ4n) is 1.79. The molecule has 2 rings (SSSR count). The lowest BCUT2D eigenvalue weighted by Gasteiger charge is -2.36. The standard InChI is InChI=1S/C11H15FN2O/c1-11(15)5-7-14(8-6-11)10-4-2-3-9(12)13-10/h2-4,15H,5-8H2,1H3. The summed E-state index contributed by atoms with van der Waals surface area (Å²) in [5, 5.41) is 9.77. The molecule has 0 atom stereocenters. The number of piperidine rings is 1. The van der Waals surface area contributed by atoms with E-state index in [1.54, 1.807) is 12.1 Å². The van der Waals surface area contributed by atoms with E-state index in [9.17, 15) is 9.50 Å². The Hall–Kier alpha value is -1.16. The van der Waals surface area contributed by atoms with Gasteiger partial charge in [0.1, 0.15) is 5.82 Å². The number of anilines is 1. The van der Waals surface area contributed by atoms with Gasteiger partial charge in [-0.05, 0) is 31.9 Å². The molecule has 1 aromatic rings. The van der Waals surface area contributed by atoms with Crippen molar-refractivity contribution in [3.63, 3.8) is 0 Å². The van der Waals surface area contributed by atoms with E-state index >= 15 is 0 Å². The highest BCUT2D eigenvalue weighted by atomic mass is 19.1. The smallest absolute Gasteiger partial charge is 0.214 e. The van der Waals surface area contributed by atoms with Crippen LogP contribution in [-0.2, 0) is 0 Å². The highest BCUT2D eigenvalue weighted by molar-refractivity contribution is 5.38. The van der Waals surface area contributed by atoms with E-state index in [-0.39, 0.29) is 0 Å². The fourth-order valence-corrected chi connectivity index (χ4v) is 1.79. The average molecular weight is 210 g/mol. The van der Waals surface area contributed by atoms with Crippen LogP contribution in [0, 0.1) is 5.95 Å². The lowest BCUT2D eigenvalue weighted by Crippen LogP contribution is -2.42. The van der Waals surface area contributed by atoms with Crippen LogP contribution in [-0.4, -0.2) is 28.8 Å². The molecule has 2 heterocycles. The van der Waals surface area contributed by atoms with E-state index in [1.165, 1.54) is 6.07 Å². The van der Waals surface area contributed by atoms with Gasteiger partial charge >= 0.3 is 0 Å². The molecule has 82 valence electrons. The molecule has 1 N–H and O–H groups in total. The van der Waals surface area contributed by atoms with Crippen LogP contribution in [0.25, 0.3) is 0 Å². The van der Waals surface area contributed by atoms with Crippen LogP contribution in [0.2, 0.25) is 0 Å². The maximum Gasteiger partial charge on any atom is 0.214 e. The normalized spacial score (nSPS) is 20.3. The highest BCUT2D eigenvalue weighted by Crippen LogP contribution is 2.24. The predicted molar refractivity (Wildman–Crippen MR) is 56.3 cm³/mol. The molecule has 0 unspecified atom stereocenters. The van der Waals surface area contributed by atoms with Crippen molar-refractivity contribution in [1.82, 2.24) is 4.98 Å². The van der Waals surface area contributed by atoms with E-state index in [1.807, 2.05) is 11.8 Å². The van der Waals surface area contributed by atoms with E-state index < -0.39 is 11.5 Å². The van der Waals surface area contributed by atoms with Crippen LogP contribution in [0.1, 0.15) is 19.8 Å². The summed E-state index contributed by atoms with van der Waals surface area (Å²) in [5.74, 6) is 0.204. The molecule has 0 spiro atoms. The molecule has 4 heteroatoms. The lowest BCUT2D eigenvalue weighted by atomic mass is 9.94. The van der Waals surface area contributed by atoms with Gasteiger partial charge in [0.25, 0.3) is 0 Å². The fraction of sp³-hybridized carbons (Fsp3) is 0.545. The number of nitrogens with zero attached hydrogens (tertiary/aromatic N) is 2. The van der Waals surface area contributed by atoms with Crippen LogP contribution < -0.4 is 4.90 Å². The second-order valence-electron chi connectivity index (χ2n) is 4.30. The Morgan fingerprint density at radius 2 is 2.07 bits per heavy atom. The summed E-state index contributed by atoms with van der Waals surface area (Å²) in [5.41, 5.74) is -0.580. The van der Waals surface area contributed by atoms with Crippen molar-refractivity contribution in [2.24, 2.45) is 0 Å². The molecule has 15 heavy (non-hydrogen) atoms. The third-order valence-corrected chi connectivity index (χ3v) is 2.87. The van der Waals surface area contributed by atoms with E-state index in [2.05, 4.69) is 4.98 Å². The Kier molecular flexibility index (Phi) is 2.61. The summed E-state index contributed by atoms with van der Waals surface area (Å²) in [6, 6.07) is 4.79. The molecule has 1 fully saturated rings. The Bertz CT molecular complexity index is 344. The van der Waals surface area contributed by atoms with E-state index in [0.717, 1.165) is 13.1 Å². The second kappa shape index (κ2) is 3.77. The summed E-state index contributed by atoms with van der Waals surface area (Å²) in [6.45, 7) is 3.29. The molecule has 0 saturated carbocycles. The second-order valence-corrected chi connectivity index (χ2v) is 4.30. The minimum Gasteiger partial charge on any atom is -0.390 e. The molecule has 1 aliphatic rings. The largest absolute Gasteiger partial charge is 0.390 e. The van der Waals surface area contributed by atoms with Crippen molar-refractivity contribution in [1.29, 1.82) is 0 Å². The van der Waals surface area contributed by atoms with Gasteiger partial charge in [0.05, 0.1) is 5.60 Å². The molecule has 1 saturated heterocycles. The van der Waals surface area contributed by atoms with Crippen LogP contribution in [0.5, 0.6) is 0 Å². The Labute approximate surface area is 88.6 Å². The molecule has 0 amide bonds. The van der Waals surface area contributed by atoms with Gasteiger partial charge in [-0.1, -0.05) is 6.07 Å². The lowest BCUT2D eigenvalue weighted by molar-refractivity contribution is 0.0350. The highest BCUT2D eigenvalue weighted by Gasteiger charge is 2.27. The Balaban J connectivity index is 2.08. The summed E-state index contributed by atoms with van der Waals surface area (Å²) in [7, 11) is 0. The number of pyridine rings is 1. The first kappa shape index (κ1) is 10.4. The van der Waals surface area contributed by atoms with Crippen LogP contribution in [0.3, 0.4) is 0 Å². The maximum absolute atomic E-state index is 12.9. The van der Waals surface area contributed by atoms with Crippen LogP contribution >= 0.6 is 0 Å². The van der Waals surface area contributed by atoms with Crippen LogP contribution in [0.4, 0.5) is 10.2 Å². The molecular formula is C11H15FN2O. The van der Waals surface area contributed by atoms with Crippen molar-refractivity contribution in [2.75, 3.05) is 18.0 Å². The van der Waals surface area contributed by atoms with Crippen molar-refractivity contribution >= 4 is 5.82 Å². The number of aromatic nitrogens is 1. The number of rotatable bonds is 1. The molecule has 0 aliphatic carbocycles. The first-order chi connectivity index (χ1) is 7.07. The predicted octanol–water partition coefficient (Wildman–Crippen LogP) is 1.57. The molecule has 0 bridgehead atoms. The van der Waals surface area contributed by atoms with Gasteiger partial charge in [-0.15, -0.1) is 0 Å². The molecular weight excluding hydrogens is 195 g/mol. The third-order valence-electron chi connectivity index (χ3n) is 2.87. The number of halogens is 1. The third kappa shape index (κ3) is 2.45. The molecule has 0 aromatic carbocycles. The first-order valence-electron chi connectivity index (χ1n) is 5.17. The van der Waals surface area contributed by atoms with Gasteiger partial charge in [-0.25, -0.2) is 4.98 Å². The molecule has 1 aromatic heterocycles. The zero-order valence-corrected chi connectivity index (χ0v) is 8.78. The summed E-state index contributed by atoms with van der Waals surface area (Å²) >= 11 is 0. The molecule has 1 aliphatic heterocycles. The van der Waals surface area contributed by atoms with Gasteiger partial charge in [-0.3, -0.25) is 0 Å². The minimum absolute atomic E-state index is 0.454. The van der Waals surface area contributed by atoms with Crippen molar-refractivity contribution in [3.05, 3.63) is 24.1 Å². The summed E-state index contributed by atoms with van der Waals surface area (Å²) in [6.07, 6.45) is 1.40. The van der Waals surface area contributed by atoms with E-state index in [0.29, 0.717) is 18.7 Å². The van der Waals surface area contributed by atoms with Gasteiger partial charge in [0.2, 0.25) is 5.95 Å². The quantitative estimate of drug-likeness (QED) is 0.715. The van der Waals surface area contributed by atoms with E-state index in [4.69, 9.17) is 0 Å². The number of hydrogen-bond donors (Lipinski definition) is 1. The Morgan fingerprint density at radius 1 is 1.40 bits per heavy atom. The van der Waals surface area contributed by atoms with Crippen molar-refractivity contribution in [2.45, 2.75) is 25.4 Å². The van der Waals surface area contributed by atoms with Gasteiger partial charge < -0.3 is 10.0 Å². The average Bonchev–Trinajstić information content (AvgIpc) is 2.17. The van der Waals surface area contributed by atoms with Crippen LogP contribution in [0.15, 0.2) is 18.2 Å². The summed E-state index contributed by atoms with van der Waals surface area (Å²) < 4.78 is 12.9. The number of aliphatic hydroxyl groups is 1. The maximum atomic E-state index is 12.9. The zero-order valence-electron chi connectivity index (χ0n) is 8.78. The minimum atomic E-state index is -0.580. The monoisotopic (exact) mass is 210 g/mol. The van der Waals surface area contributed by atoms with Gasteiger partial charge in [0, 0.05) is 13.1 Å².